The number of benzene rings is 1. The van der Waals surface area contributed by atoms with E-state index in [-0.39, 0.29) is 23.8 Å². The second-order valence-corrected chi connectivity index (χ2v) is 4.34. The number of hydrogen-bond acceptors (Lipinski definition) is 4. The maximum absolute atomic E-state index is 10.7. The van der Waals surface area contributed by atoms with Gasteiger partial charge in [0.05, 0.1) is 4.90 Å². The molecule has 0 aliphatic rings. The third-order valence-corrected chi connectivity index (χ3v) is 2.70. The van der Waals surface area contributed by atoms with Crippen LogP contribution in [0.15, 0.2) is 23.1 Å². The van der Waals surface area contributed by atoms with Crippen LogP contribution in [0.2, 0.25) is 0 Å². The number of hydrogen-bond donors (Lipinski definition) is 1. The van der Waals surface area contributed by atoms with Gasteiger partial charge in [-0.15, -0.1) is 0 Å². The molecule has 0 atom stereocenters. The summed E-state index contributed by atoms with van der Waals surface area (Å²) in [6.45, 7) is 4.43. The molecule has 0 fully saturated rings. The predicted molar refractivity (Wildman–Crippen MR) is 53.3 cm³/mol. The van der Waals surface area contributed by atoms with Gasteiger partial charge in [-0.25, -0.2) is 8.42 Å². The normalized spacial score (nSPS) is 10.6. The average Bonchev–Trinajstić information content (AvgIpc) is 2.07. The van der Waals surface area contributed by atoms with Gasteiger partial charge in [0.25, 0.3) is 0 Å². The molecule has 0 bridgehead atoms. The first-order valence-corrected chi connectivity index (χ1v) is 5.66. The average molecular weight is 221 g/mol. The van der Waals surface area contributed by atoms with Gasteiger partial charge in [-0.1, -0.05) is 6.07 Å². The zero-order chi connectivity index (χ0) is 10.8. The van der Waals surface area contributed by atoms with Crippen molar-refractivity contribution in [2.24, 2.45) is 0 Å². The van der Waals surface area contributed by atoms with Crippen LogP contribution in [0, 0.1) is 6.92 Å². The molecule has 0 spiro atoms. The molecule has 1 aromatic rings. The van der Waals surface area contributed by atoms with Crippen LogP contribution in [0.3, 0.4) is 0 Å². The molecule has 0 unspecified atom stereocenters. The molecule has 0 radical (unpaired) electrons. The Morgan fingerprint density at radius 2 is 2.00 bits per heavy atom. The van der Waals surface area contributed by atoms with Crippen molar-refractivity contribution in [1.82, 2.24) is 0 Å². The second-order valence-electron chi connectivity index (χ2n) is 2.96. The van der Waals surface area contributed by atoms with Crippen LogP contribution < -0.4 is 24.2 Å². The number of anilines is 1. The van der Waals surface area contributed by atoms with Gasteiger partial charge in [-0.2, -0.15) is 0 Å². The molecule has 78 valence electrons. The van der Waals surface area contributed by atoms with E-state index in [1.165, 1.54) is 12.1 Å². The molecule has 0 aliphatic carbocycles. The fourth-order valence-electron chi connectivity index (χ4n) is 1.14. The van der Waals surface area contributed by atoms with Gasteiger partial charge in [0, 0.05) is 12.2 Å². The van der Waals surface area contributed by atoms with E-state index in [0.29, 0.717) is 12.2 Å². The number of rotatable bonds is 3. The van der Waals surface area contributed by atoms with Gasteiger partial charge in [0.2, 0.25) is 0 Å². The van der Waals surface area contributed by atoms with Crippen LogP contribution >= 0.6 is 0 Å². The zero-order valence-corrected chi connectivity index (χ0v) is 9.89. The van der Waals surface area contributed by atoms with Crippen molar-refractivity contribution in [2.75, 3.05) is 11.9 Å². The molecule has 1 N–H and O–H groups in total. The van der Waals surface area contributed by atoms with Crippen LogP contribution in [-0.4, -0.2) is 19.5 Å². The van der Waals surface area contributed by atoms with Crippen molar-refractivity contribution < 1.29 is 31.8 Å². The van der Waals surface area contributed by atoms with Crippen LogP contribution in [0.1, 0.15) is 12.5 Å². The van der Waals surface area contributed by atoms with Crippen molar-refractivity contribution in [3.05, 3.63) is 23.8 Å². The molecule has 4 nitrogen and oxygen atoms in total. The van der Waals surface area contributed by atoms with Gasteiger partial charge < -0.3 is 9.87 Å². The Hall–Kier alpha value is -0.473. The van der Waals surface area contributed by atoms with E-state index in [1.807, 2.05) is 13.8 Å². The van der Waals surface area contributed by atoms with Crippen molar-refractivity contribution in [3.63, 3.8) is 0 Å². The summed E-state index contributed by atoms with van der Waals surface area (Å²) < 4.78 is 32.2. The maximum Gasteiger partial charge on any atom is 1.00 e. The Morgan fingerprint density at radius 1 is 1.40 bits per heavy atom. The van der Waals surface area contributed by atoms with Crippen molar-refractivity contribution >= 4 is 15.8 Å². The summed E-state index contributed by atoms with van der Waals surface area (Å²) in [6.07, 6.45) is 0. The molecule has 0 amide bonds. The fourth-order valence-corrected chi connectivity index (χ4v) is 1.63. The minimum Gasteiger partial charge on any atom is -0.744 e. The number of aryl methyl sites for hydroxylation is 1. The van der Waals surface area contributed by atoms with Crippen LogP contribution in [-0.2, 0) is 10.1 Å². The van der Waals surface area contributed by atoms with Gasteiger partial charge in [-0.3, -0.25) is 0 Å². The Labute approximate surface area is 102 Å². The molecule has 0 heterocycles. The van der Waals surface area contributed by atoms with Crippen molar-refractivity contribution in [2.45, 2.75) is 18.7 Å². The van der Waals surface area contributed by atoms with E-state index in [9.17, 15) is 13.0 Å². The molecular formula is C9H12LiNO3S. The zero-order valence-electron chi connectivity index (χ0n) is 9.07. The van der Waals surface area contributed by atoms with Gasteiger partial charge >= 0.3 is 18.9 Å². The Morgan fingerprint density at radius 3 is 2.47 bits per heavy atom. The van der Waals surface area contributed by atoms with Crippen LogP contribution in [0.4, 0.5) is 5.69 Å². The van der Waals surface area contributed by atoms with Crippen LogP contribution in [0.25, 0.3) is 0 Å². The van der Waals surface area contributed by atoms with E-state index in [4.69, 9.17) is 0 Å². The molecule has 0 saturated carbocycles. The van der Waals surface area contributed by atoms with Gasteiger partial charge in [-0.05, 0) is 31.5 Å². The predicted octanol–water partition coefficient (Wildman–Crippen LogP) is -1.67. The summed E-state index contributed by atoms with van der Waals surface area (Å²) in [5, 5.41) is 2.98. The van der Waals surface area contributed by atoms with E-state index in [1.54, 1.807) is 6.07 Å². The minimum atomic E-state index is -4.35. The quantitative estimate of drug-likeness (QED) is 0.489. The summed E-state index contributed by atoms with van der Waals surface area (Å²) >= 11 is 0. The number of nitrogens with one attached hydrogen (secondary N) is 1. The summed E-state index contributed by atoms with van der Waals surface area (Å²) in [7, 11) is -4.35. The standard InChI is InChI=1S/C9H13NO3S.Li/c1-3-10-9-6-8(14(11,12)13)5-4-7(9)2;/h4-6,10H,3H2,1-2H3,(H,11,12,13);/q;+1/p-1. The van der Waals surface area contributed by atoms with Crippen LogP contribution in [0.5, 0.6) is 0 Å². The van der Waals surface area contributed by atoms with Crippen molar-refractivity contribution in [3.8, 4) is 0 Å². The third-order valence-electron chi connectivity index (χ3n) is 1.86. The molecular weight excluding hydrogens is 209 g/mol. The minimum absolute atomic E-state index is 0. The van der Waals surface area contributed by atoms with E-state index >= 15 is 0 Å². The van der Waals surface area contributed by atoms with E-state index < -0.39 is 10.1 Å². The molecule has 0 aromatic heterocycles. The Bertz CT molecular complexity index is 431. The van der Waals surface area contributed by atoms with Gasteiger partial charge in [0.15, 0.2) is 0 Å². The first kappa shape index (κ1) is 14.5. The van der Waals surface area contributed by atoms with Gasteiger partial charge in [0.1, 0.15) is 10.1 Å². The second kappa shape index (κ2) is 5.57. The Kier molecular flexibility index (Phi) is 5.39. The maximum atomic E-state index is 10.7. The summed E-state index contributed by atoms with van der Waals surface area (Å²) in [5.41, 5.74) is 1.60. The molecule has 15 heavy (non-hydrogen) atoms. The van der Waals surface area contributed by atoms with Crippen molar-refractivity contribution in [1.29, 1.82) is 0 Å². The first-order chi connectivity index (χ1) is 6.45. The summed E-state index contributed by atoms with van der Waals surface area (Å²) in [5.74, 6) is 0. The molecule has 1 aromatic carbocycles. The molecule has 6 heteroatoms. The topological polar surface area (TPSA) is 69.2 Å². The SMILES string of the molecule is CCNc1cc(S(=O)(=O)[O-])ccc1C.[Li+]. The molecule has 0 aliphatic heterocycles. The van der Waals surface area contributed by atoms with E-state index in [2.05, 4.69) is 5.32 Å². The Balaban J connectivity index is 0.00000196. The smallest absolute Gasteiger partial charge is 0.744 e. The largest absolute Gasteiger partial charge is 1.00 e. The molecule has 0 saturated heterocycles. The summed E-state index contributed by atoms with van der Waals surface area (Å²) in [4.78, 5) is -0.195. The first-order valence-electron chi connectivity index (χ1n) is 4.25. The fraction of sp³-hybridized carbons (Fsp3) is 0.333. The monoisotopic (exact) mass is 221 g/mol. The van der Waals surface area contributed by atoms with E-state index in [0.717, 1.165) is 5.56 Å². The summed E-state index contributed by atoms with van der Waals surface area (Å²) in [6, 6.07) is 4.29. The molecule has 1 rings (SSSR count). The third kappa shape index (κ3) is 3.88.